The molecule has 8 heteroatoms. The number of H-pyrrole nitrogens is 1. The van der Waals surface area contributed by atoms with Crippen molar-refractivity contribution in [3.05, 3.63) is 70.6 Å². The molecule has 1 heterocycles. The van der Waals surface area contributed by atoms with E-state index in [1.165, 1.54) is 18.2 Å². The van der Waals surface area contributed by atoms with Crippen LogP contribution in [0.15, 0.2) is 64.3 Å². The minimum Gasteiger partial charge on any atom is -0.399 e. The number of anilines is 2. The molecular weight excluding hydrogens is 340 g/mol. The van der Waals surface area contributed by atoms with Gasteiger partial charge in [0.05, 0.1) is 10.6 Å². The summed E-state index contributed by atoms with van der Waals surface area (Å²) in [5.41, 5.74) is 7.19. The Bertz CT molecular complexity index is 1080. The molecule has 0 amide bonds. The van der Waals surface area contributed by atoms with Crippen molar-refractivity contribution < 1.29 is 8.42 Å². The Morgan fingerprint density at radius 3 is 2.52 bits per heavy atom. The van der Waals surface area contributed by atoms with E-state index in [9.17, 15) is 13.2 Å². The standard InChI is InChI=1S/C17H16N4O3S/c1-11-9-15(17(22)20-19-11)21-25(23,24)16-8-7-13(18)10-14(16)12-5-3-2-4-6-12/h2-10H,18H2,1H3,(H,19,21)(H,20,22). The summed E-state index contributed by atoms with van der Waals surface area (Å²) in [5.74, 6) is 0. The second-order valence-electron chi connectivity index (χ2n) is 5.48. The van der Waals surface area contributed by atoms with Crippen molar-refractivity contribution in [2.45, 2.75) is 11.8 Å². The predicted molar refractivity (Wildman–Crippen MR) is 96.7 cm³/mol. The van der Waals surface area contributed by atoms with E-state index in [1.54, 1.807) is 37.3 Å². The fourth-order valence-corrected chi connectivity index (χ4v) is 3.67. The van der Waals surface area contributed by atoms with Crippen molar-refractivity contribution in [3.63, 3.8) is 0 Å². The maximum Gasteiger partial charge on any atom is 0.288 e. The van der Waals surface area contributed by atoms with Crippen LogP contribution < -0.4 is 16.0 Å². The molecule has 128 valence electrons. The number of sulfonamides is 1. The minimum absolute atomic E-state index is 0.0294. The zero-order chi connectivity index (χ0) is 18.0. The van der Waals surface area contributed by atoms with Gasteiger partial charge in [-0.15, -0.1) is 0 Å². The summed E-state index contributed by atoms with van der Waals surface area (Å²) >= 11 is 0. The topological polar surface area (TPSA) is 118 Å². The van der Waals surface area contributed by atoms with Crippen molar-refractivity contribution in [1.29, 1.82) is 0 Å². The molecule has 7 nitrogen and oxygen atoms in total. The summed E-state index contributed by atoms with van der Waals surface area (Å²) in [4.78, 5) is 11.9. The van der Waals surface area contributed by atoms with Crippen LogP contribution in [0.1, 0.15) is 5.69 Å². The first-order valence-electron chi connectivity index (χ1n) is 7.41. The SMILES string of the molecule is Cc1cc(NS(=O)(=O)c2ccc(N)cc2-c2ccccc2)c(=O)[nH]n1. The highest BCUT2D eigenvalue weighted by atomic mass is 32.2. The summed E-state index contributed by atoms with van der Waals surface area (Å²) < 4.78 is 28.0. The number of aromatic nitrogens is 2. The lowest BCUT2D eigenvalue weighted by atomic mass is 10.1. The minimum atomic E-state index is -4.00. The molecule has 0 saturated carbocycles. The van der Waals surface area contributed by atoms with Gasteiger partial charge in [0.15, 0.2) is 0 Å². The third kappa shape index (κ3) is 3.53. The average molecular weight is 356 g/mol. The Kier molecular flexibility index (Phi) is 4.28. The van der Waals surface area contributed by atoms with Crippen molar-refractivity contribution >= 4 is 21.4 Å². The van der Waals surface area contributed by atoms with Gasteiger partial charge in [0.25, 0.3) is 15.6 Å². The third-order valence-electron chi connectivity index (χ3n) is 3.55. The Morgan fingerprint density at radius 1 is 1.08 bits per heavy atom. The Morgan fingerprint density at radius 2 is 1.80 bits per heavy atom. The molecule has 0 unspecified atom stereocenters. The van der Waals surface area contributed by atoms with Gasteiger partial charge in [0.2, 0.25) is 0 Å². The van der Waals surface area contributed by atoms with E-state index < -0.39 is 15.6 Å². The maximum absolute atomic E-state index is 12.8. The van der Waals surface area contributed by atoms with E-state index >= 15 is 0 Å². The quantitative estimate of drug-likeness (QED) is 0.619. The van der Waals surface area contributed by atoms with E-state index in [1.807, 2.05) is 6.07 Å². The van der Waals surface area contributed by atoms with Gasteiger partial charge in [-0.2, -0.15) is 5.10 Å². The summed E-state index contributed by atoms with van der Waals surface area (Å²) in [5, 5.41) is 5.98. The fraction of sp³-hybridized carbons (Fsp3) is 0.0588. The third-order valence-corrected chi connectivity index (χ3v) is 4.98. The molecule has 3 aromatic rings. The number of aryl methyl sites for hydroxylation is 1. The summed E-state index contributed by atoms with van der Waals surface area (Å²) in [6.07, 6.45) is 0. The van der Waals surface area contributed by atoms with Crippen LogP contribution in [0.2, 0.25) is 0 Å². The van der Waals surface area contributed by atoms with E-state index in [0.717, 1.165) is 0 Å². The number of benzene rings is 2. The van der Waals surface area contributed by atoms with Crippen LogP contribution in [0.5, 0.6) is 0 Å². The van der Waals surface area contributed by atoms with Gasteiger partial charge in [-0.05, 0) is 36.8 Å². The smallest absolute Gasteiger partial charge is 0.288 e. The van der Waals surface area contributed by atoms with Crippen molar-refractivity contribution in [1.82, 2.24) is 10.2 Å². The lowest BCUT2D eigenvalue weighted by Crippen LogP contribution is -2.21. The normalized spacial score (nSPS) is 11.2. The van der Waals surface area contributed by atoms with Crippen LogP contribution in [0, 0.1) is 6.92 Å². The molecule has 0 aliphatic rings. The van der Waals surface area contributed by atoms with Crippen molar-refractivity contribution in [2.75, 3.05) is 10.5 Å². The highest BCUT2D eigenvalue weighted by Gasteiger charge is 2.21. The maximum atomic E-state index is 12.8. The number of nitrogens with zero attached hydrogens (tertiary/aromatic N) is 1. The van der Waals surface area contributed by atoms with E-state index in [-0.39, 0.29) is 10.6 Å². The predicted octanol–water partition coefficient (Wildman–Crippen LogP) is 2.13. The first kappa shape index (κ1) is 16.7. The molecule has 0 bridgehead atoms. The molecule has 2 aromatic carbocycles. The second-order valence-corrected chi connectivity index (χ2v) is 7.13. The Balaban J connectivity index is 2.12. The molecular formula is C17H16N4O3S. The van der Waals surface area contributed by atoms with E-state index in [2.05, 4.69) is 14.9 Å². The number of hydrogen-bond donors (Lipinski definition) is 3. The number of aromatic amines is 1. The van der Waals surface area contributed by atoms with Gasteiger partial charge in [-0.3, -0.25) is 9.52 Å². The summed E-state index contributed by atoms with van der Waals surface area (Å²) in [6.45, 7) is 1.65. The van der Waals surface area contributed by atoms with Gasteiger partial charge in [-0.25, -0.2) is 13.5 Å². The molecule has 4 N–H and O–H groups in total. The summed E-state index contributed by atoms with van der Waals surface area (Å²) in [6, 6.07) is 14.9. The molecule has 0 atom stereocenters. The highest BCUT2D eigenvalue weighted by molar-refractivity contribution is 7.92. The molecule has 1 aromatic heterocycles. The fourth-order valence-electron chi connectivity index (χ4n) is 2.41. The molecule has 0 radical (unpaired) electrons. The highest BCUT2D eigenvalue weighted by Crippen LogP contribution is 2.30. The van der Waals surface area contributed by atoms with Gasteiger partial charge in [0, 0.05) is 11.3 Å². The van der Waals surface area contributed by atoms with Crippen LogP contribution in [0.4, 0.5) is 11.4 Å². The van der Waals surface area contributed by atoms with Crippen LogP contribution in [0.25, 0.3) is 11.1 Å². The number of nitrogen functional groups attached to an aromatic ring is 1. The van der Waals surface area contributed by atoms with Gasteiger partial charge in [0.1, 0.15) is 5.69 Å². The number of rotatable bonds is 4. The zero-order valence-electron chi connectivity index (χ0n) is 13.4. The van der Waals surface area contributed by atoms with E-state index in [4.69, 9.17) is 5.73 Å². The monoisotopic (exact) mass is 356 g/mol. The van der Waals surface area contributed by atoms with Crippen LogP contribution in [-0.4, -0.2) is 18.6 Å². The van der Waals surface area contributed by atoms with Gasteiger partial charge >= 0.3 is 0 Å². The summed E-state index contributed by atoms with van der Waals surface area (Å²) in [7, 11) is -4.00. The van der Waals surface area contributed by atoms with Crippen LogP contribution in [-0.2, 0) is 10.0 Å². The van der Waals surface area contributed by atoms with Crippen LogP contribution >= 0.6 is 0 Å². The van der Waals surface area contributed by atoms with Gasteiger partial charge < -0.3 is 5.73 Å². The first-order chi connectivity index (χ1) is 11.9. The Labute approximate surface area is 144 Å². The Hall–Kier alpha value is -3.13. The lowest BCUT2D eigenvalue weighted by Gasteiger charge is -2.13. The second kappa shape index (κ2) is 6.40. The number of hydrogen-bond acceptors (Lipinski definition) is 5. The largest absolute Gasteiger partial charge is 0.399 e. The van der Waals surface area contributed by atoms with E-state index in [0.29, 0.717) is 22.5 Å². The van der Waals surface area contributed by atoms with Gasteiger partial charge in [-0.1, -0.05) is 30.3 Å². The molecule has 0 aliphatic carbocycles. The number of nitrogens with one attached hydrogen (secondary N) is 2. The first-order valence-corrected chi connectivity index (χ1v) is 8.89. The molecule has 3 rings (SSSR count). The lowest BCUT2D eigenvalue weighted by molar-refractivity contribution is 0.601. The van der Waals surface area contributed by atoms with Crippen molar-refractivity contribution in [2.24, 2.45) is 0 Å². The molecule has 0 saturated heterocycles. The van der Waals surface area contributed by atoms with Crippen molar-refractivity contribution in [3.8, 4) is 11.1 Å². The zero-order valence-corrected chi connectivity index (χ0v) is 14.2. The average Bonchev–Trinajstić information content (AvgIpc) is 2.58. The number of nitrogens with two attached hydrogens (primary N) is 1. The molecule has 0 spiro atoms. The molecule has 25 heavy (non-hydrogen) atoms. The molecule has 0 fully saturated rings. The van der Waals surface area contributed by atoms with Crippen LogP contribution in [0.3, 0.4) is 0 Å². The molecule has 0 aliphatic heterocycles.